The maximum Gasteiger partial charge on any atom is 0.333 e. The molecule has 6 atom stereocenters. The molecule has 0 unspecified atom stereocenters. The number of aliphatic hydroxyl groups excluding tert-OH is 1. The molecule has 1 amide bonds. The van der Waals surface area contributed by atoms with Crippen molar-refractivity contribution < 1.29 is 29.3 Å². The number of carbonyl (C=O) groups excluding carboxylic acids is 2. The molecule has 1 fully saturated rings. The minimum Gasteiger partial charge on any atom is -0.481 e. The normalized spacial score (nSPS) is 30.4. The zero-order chi connectivity index (χ0) is 26.8. The summed E-state index contributed by atoms with van der Waals surface area (Å²) in [5.74, 6) is -0.324. The van der Waals surface area contributed by atoms with Crippen LogP contribution < -0.4 is 10.1 Å². The highest BCUT2D eigenvalue weighted by Crippen LogP contribution is 2.64. The summed E-state index contributed by atoms with van der Waals surface area (Å²) in [5, 5.41) is 25.1. The molecule has 3 N–H and O–H groups in total. The fraction of sp³-hybridized carbons (Fsp3) is 0.467. The van der Waals surface area contributed by atoms with Crippen LogP contribution in [-0.4, -0.2) is 64.4 Å². The molecule has 2 heterocycles. The molecule has 2 bridgehead atoms. The third-order valence-corrected chi connectivity index (χ3v) is 9.25. The van der Waals surface area contributed by atoms with Crippen LogP contribution in [0.2, 0.25) is 0 Å². The molecule has 0 saturated carbocycles. The molecule has 8 heteroatoms. The molecule has 0 radical (unpaired) electrons. The number of carbonyl (C=O) groups is 2. The largest absolute Gasteiger partial charge is 0.481 e. The van der Waals surface area contributed by atoms with E-state index in [1.165, 1.54) is 0 Å². The first kappa shape index (κ1) is 25.1. The number of hydrogen-bond acceptors (Lipinski definition) is 7. The van der Waals surface area contributed by atoms with Gasteiger partial charge in [-0.2, -0.15) is 0 Å². The van der Waals surface area contributed by atoms with E-state index in [-0.39, 0.29) is 18.6 Å². The number of rotatable bonds is 6. The fourth-order valence-corrected chi connectivity index (χ4v) is 7.13. The van der Waals surface area contributed by atoms with Gasteiger partial charge in [-0.25, -0.2) is 4.79 Å². The topological polar surface area (TPSA) is 108 Å². The Bertz CT molecular complexity index is 1330. The molecule has 2 aromatic rings. The van der Waals surface area contributed by atoms with Crippen molar-refractivity contribution in [3.8, 4) is 5.75 Å². The summed E-state index contributed by atoms with van der Waals surface area (Å²) >= 11 is 0. The van der Waals surface area contributed by atoms with Gasteiger partial charge in [-0.15, -0.1) is 0 Å². The maximum atomic E-state index is 13.2. The molecule has 38 heavy (non-hydrogen) atoms. The van der Waals surface area contributed by atoms with Gasteiger partial charge >= 0.3 is 5.97 Å². The lowest BCUT2D eigenvalue weighted by molar-refractivity contribution is -0.170. The van der Waals surface area contributed by atoms with Crippen LogP contribution >= 0.6 is 0 Å². The van der Waals surface area contributed by atoms with E-state index in [2.05, 4.69) is 10.2 Å². The van der Waals surface area contributed by atoms with Gasteiger partial charge in [-0.1, -0.05) is 42.5 Å². The Kier molecular flexibility index (Phi) is 5.90. The highest BCUT2D eigenvalue weighted by molar-refractivity contribution is 5.88. The summed E-state index contributed by atoms with van der Waals surface area (Å²) < 4.78 is 12.4. The second-order valence-corrected chi connectivity index (χ2v) is 11.2. The molecule has 2 aliphatic carbocycles. The first-order chi connectivity index (χ1) is 18.2. The minimum atomic E-state index is -1.10. The lowest BCUT2D eigenvalue weighted by atomic mass is 9.50. The molecule has 1 saturated heterocycles. The second-order valence-electron chi connectivity index (χ2n) is 11.2. The van der Waals surface area contributed by atoms with Gasteiger partial charge in [-0.05, 0) is 57.5 Å². The molecule has 4 aliphatic rings. The van der Waals surface area contributed by atoms with Crippen molar-refractivity contribution in [2.45, 2.75) is 74.8 Å². The van der Waals surface area contributed by atoms with E-state index in [4.69, 9.17) is 9.47 Å². The highest BCUT2D eigenvalue weighted by atomic mass is 16.6. The lowest BCUT2D eigenvalue weighted by Gasteiger charge is -2.61. The van der Waals surface area contributed by atoms with Gasteiger partial charge in [0, 0.05) is 23.6 Å². The van der Waals surface area contributed by atoms with E-state index >= 15 is 0 Å². The number of hydrogen-bond donors (Lipinski definition) is 3. The first-order valence-electron chi connectivity index (χ1n) is 13.3. The number of nitrogens with one attached hydrogen (secondary N) is 1. The van der Waals surface area contributed by atoms with Gasteiger partial charge in [0.15, 0.2) is 6.10 Å². The molecular weight excluding hydrogens is 484 g/mol. The number of benzene rings is 2. The summed E-state index contributed by atoms with van der Waals surface area (Å²) in [6.45, 7) is 3.98. The Labute approximate surface area is 222 Å². The smallest absolute Gasteiger partial charge is 0.333 e. The van der Waals surface area contributed by atoms with E-state index in [0.717, 1.165) is 23.2 Å². The van der Waals surface area contributed by atoms with Gasteiger partial charge in [0.1, 0.15) is 17.6 Å². The number of piperidine rings is 1. The summed E-state index contributed by atoms with van der Waals surface area (Å²) in [4.78, 5) is 28.3. The van der Waals surface area contributed by atoms with Gasteiger partial charge in [0.25, 0.3) is 0 Å². The Balaban J connectivity index is 1.28. The quantitative estimate of drug-likeness (QED) is 0.504. The fourth-order valence-electron chi connectivity index (χ4n) is 7.13. The summed E-state index contributed by atoms with van der Waals surface area (Å²) in [6, 6.07) is 12.3. The molecule has 0 aromatic heterocycles. The van der Waals surface area contributed by atoms with Gasteiger partial charge in [0.05, 0.1) is 23.5 Å². The van der Waals surface area contributed by atoms with Crippen LogP contribution in [0.5, 0.6) is 5.75 Å². The molecule has 2 aromatic carbocycles. The van der Waals surface area contributed by atoms with Crippen molar-refractivity contribution in [3.05, 3.63) is 76.6 Å². The van der Waals surface area contributed by atoms with E-state index in [9.17, 15) is 19.8 Å². The Morgan fingerprint density at radius 2 is 1.97 bits per heavy atom. The standard InChI is InChI=1S/C30H34N2O6/c1-17(19-7-5-4-6-8-19)27(34)31-18(2)28(35)37-22-11-12-30(36)23-15-20-9-10-21(16-33)25-24(20)29(30,26(22)38-25)13-14-32(23)3/h4-11,17-18,23,26,33,36H,12-16H2,1-3H3,(H,31,34)/t17-,18-,23+,26-,29-,30+/m0/s1. The van der Waals surface area contributed by atoms with Crippen LogP contribution in [0.15, 0.2) is 54.3 Å². The Morgan fingerprint density at radius 1 is 1.21 bits per heavy atom. The monoisotopic (exact) mass is 518 g/mol. The average Bonchev–Trinajstić information content (AvgIpc) is 3.28. The van der Waals surface area contributed by atoms with Crippen molar-refractivity contribution in [2.24, 2.45) is 0 Å². The molecular formula is C30H34N2O6. The number of amides is 1. The maximum absolute atomic E-state index is 13.2. The number of likely N-dealkylation sites (N-methyl/N-ethyl adjacent to an activating group) is 1. The van der Waals surface area contributed by atoms with Crippen LogP contribution in [0.3, 0.4) is 0 Å². The Morgan fingerprint density at radius 3 is 2.71 bits per heavy atom. The number of nitrogens with zero attached hydrogens (tertiary/aromatic N) is 1. The van der Waals surface area contributed by atoms with Crippen LogP contribution in [0, 0.1) is 0 Å². The molecule has 8 nitrogen and oxygen atoms in total. The number of likely N-dealkylation sites (tertiary alicyclic amines) is 1. The van der Waals surface area contributed by atoms with Gasteiger partial charge < -0.3 is 29.9 Å². The van der Waals surface area contributed by atoms with Crippen LogP contribution in [0.25, 0.3) is 0 Å². The number of esters is 1. The van der Waals surface area contributed by atoms with Gasteiger partial charge in [-0.3, -0.25) is 4.79 Å². The summed E-state index contributed by atoms with van der Waals surface area (Å²) in [7, 11) is 2.04. The zero-order valence-corrected chi connectivity index (χ0v) is 21.9. The number of ether oxygens (including phenoxy) is 2. The second kappa shape index (κ2) is 8.93. The van der Waals surface area contributed by atoms with E-state index < -0.39 is 35.0 Å². The van der Waals surface area contributed by atoms with Crippen molar-refractivity contribution in [2.75, 3.05) is 13.6 Å². The predicted molar refractivity (Wildman–Crippen MR) is 139 cm³/mol. The zero-order valence-electron chi connectivity index (χ0n) is 21.9. The minimum absolute atomic E-state index is 0.105. The molecule has 6 rings (SSSR count). The summed E-state index contributed by atoms with van der Waals surface area (Å²) in [5.41, 5.74) is 1.69. The van der Waals surface area contributed by atoms with E-state index in [1.807, 2.05) is 49.5 Å². The molecule has 1 spiro atoms. The van der Waals surface area contributed by atoms with Crippen molar-refractivity contribution in [1.29, 1.82) is 0 Å². The van der Waals surface area contributed by atoms with Crippen molar-refractivity contribution >= 4 is 11.9 Å². The van der Waals surface area contributed by atoms with E-state index in [0.29, 0.717) is 36.3 Å². The van der Waals surface area contributed by atoms with Crippen LogP contribution in [0.4, 0.5) is 0 Å². The Hall–Kier alpha value is -3.20. The predicted octanol–water partition coefficient (Wildman–Crippen LogP) is 2.31. The third kappa shape index (κ3) is 3.40. The summed E-state index contributed by atoms with van der Waals surface area (Å²) in [6.07, 6.45) is 2.70. The molecule has 2 aliphatic heterocycles. The van der Waals surface area contributed by atoms with Crippen molar-refractivity contribution in [3.63, 3.8) is 0 Å². The lowest BCUT2D eigenvalue weighted by Crippen LogP contribution is -2.74. The first-order valence-corrected chi connectivity index (χ1v) is 13.3. The highest BCUT2D eigenvalue weighted by Gasteiger charge is 2.71. The third-order valence-electron chi connectivity index (χ3n) is 9.25. The van der Waals surface area contributed by atoms with Crippen LogP contribution in [-0.2, 0) is 32.8 Å². The van der Waals surface area contributed by atoms with Gasteiger partial charge in [0.2, 0.25) is 5.91 Å². The van der Waals surface area contributed by atoms with Crippen molar-refractivity contribution in [1.82, 2.24) is 10.2 Å². The SMILES string of the molecule is C[C@H](NC(=O)[C@@H](C)c1ccccc1)C(=O)OC1=CC[C@@]2(O)[C@H]3Cc4ccc(CO)c5c4[C@@]2(CCN3C)[C@H]1O5. The number of aliphatic hydroxyl groups is 2. The van der Waals surface area contributed by atoms with Crippen LogP contribution in [0.1, 0.15) is 54.9 Å². The average molecular weight is 519 g/mol. The van der Waals surface area contributed by atoms with E-state index in [1.54, 1.807) is 19.9 Å². The molecule has 200 valence electrons.